The number of hydrogen-bond acceptors (Lipinski definition) is 4. The predicted octanol–water partition coefficient (Wildman–Crippen LogP) is 6.55. The zero-order valence-electron chi connectivity index (χ0n) is 25.2. The molecule has 0 aliphatic carbocycles. The van der Waals surface area contributed by atoms with E-state index in [1.165, 1.54) is 5.56 Å². The van der Waals surface area contributed by atoms with Gasteiger partial charge in [0.05, 0.1) is 0 Å². The van der Waals surface area contributed by atoms with Crippen LogP contribution in [-0.2, 0) is 20.7 Å². The molecule has 2 N–H and O–H groups in total. The maximum absolute atomic E-state index is 14.2. The lowest BCUT2D eigenvalue weighted by molar-refractivity contribution is -0.143. The summed E-state index contributed by atoms with van der Waals surface area (Å²) in [5.41, 5.74) is 1.27. The van der Waals surface area contributed by atoms with E-state index in [0.717, 1.165) is 50.5 Å². The van der Waals surface area contributed by atoms with E-state index in [1.54, 1.807) is 25.7 Å². The standard InChI is InChI=1S/C31H53N3O4/c1-9-12-14-15-21-34(29(36)26(22-23(4)5)33-30(37)38-31(6,7)8)27(28(35)32-20-13-10-2)25-18-16-24(11-3)17-19-25/h16-19,23,26-27H,9-15,20-22H2,1-8H3,(H,32,35)(H,33,37). The fourth-order valence-electron chi connectivity index (χ4n) is 4.31. The van der Waals surface area contributed by atoms with Gasteiger partial charge in [-0.15, -0.1) is 0 Å². The fraction of sp³-hybridized carbons (Fsp3) is 0.710. The first-order valence-electron chi connectivity index (χ1n) is 14.6. The first kappa shape index (κ1) is 33.5. The van der Waals surface area contributed by atoms with Crippen molar-refractivity contribution in [3.8, 4) is 0 Å². The van der Waals surface area contributed by atoms with Gasteiger partial charge in [-0.2, -0.15) is 0 Å². The molecule has 0 spiro atoms. The van der Waals surface area contributed by atoms with Crippen molar-refractivity contribution in [2.45, 2.75) is 124 Å². The molecule has 7 nitrogen and oxygen atoms in total. The monoisotopic (exact) mass is 531 g/mol. The third kappa shape index (κ3) is 12.3. The molecule has 0 aliphatic heterocycles. The van der Waals surface area contributed by atoms with Gasteiger partial charge in [0.2, 0.25) is 11.8 Å². The lowest BCUT2D eigenvalue weighted by Gasteiger charge is -2.35. The summed E-state index contributed by atoms with van der Waals surface area (Å²) in [4.78, 5) is 42.2. The van der Waals surface area contributed by atoms with Gasteiger partial charge in [-0.05, 0) is 63.5 Å². The molecule has 0 aliphatic rings. The summed E-state index contributed by atoms with van der Waals surface area (Å²) in [6, 6.07) is 6.37. The molecule has 0 radical (unpaired) electrons. The number of aryl methyl sites for hydroxylation is 1. The third-order valence-corrected chi connectivity index (χ3v) is 6.33. The van der Waals surface area contributed by atoms with Crippen molar-refractivity contribution >= 4 is 17.9 Å². The van der Waals surface area contributed by atoms with E-state index >= 15 is 0 Å². The van der Waals surface area contributed by atoms with Crippen molar-refractivity contribution in [3.63, 3.8) is 0 Å². The largest absolute Gasteiger partial charge is 0.444 e. The molecule has 3 amide bonds. The van der Waals surface area contributed by atoms with Crippen molar-refractivity contribution < 1.29 is 19.1 Å². The van der Waals surface area contributed by atoms with E-state index in [1.807, 2.05) is 38.1 Å². The molecule has 7 heteroatoms. The van der Waals surface area contributed by atoms with E-state index in [2.05, 4.69) is 31.4 Å². The zero-order chi connectivity index (χ0) is 28.7. The summed E-state index contributed by atoms with van der Waals surface area (Å²) in [6.45, 7) is 16.7. The number of rotatable bonds is 16. The highest BCUT2D eigenvalue weighted by molar-refractivity contribution is 5.92. The number of carbonyl (C=O) groups excluding carboxylic acids is 3. The lowest BCUT2D eigenvalue weighted by Crippen LogP contribution is -2.53. The molecule has 216 valence electrons. The maximum atomic E-state index is 14.2. The van der Waals surface area contributed by atoms with E-state index in [-0.39, 0.29) is 17.7 Å². The second-order valence-electron chi connectivity index (χ2n) is 11.6. The molecule has 0 bridgehead atoms. The van der Waals surface area contributed by atoms with Gasteiger partial charge in [0.25, 0.3) is 0 Å². The average Bonchev–Trinajstić information content (AvgIpc) is 2.84. The molecular formula is C31H53N3O4. The van der Waals surface area contributed by atoms with Crippen LogP contribution in [0.2, 0.25) is 0 Å². The highest BCUT2D eigenvalue weighted by Gasteiger charge is 2.36. The van der Waals surface area contributed by atoms with Crippen molar-refractivity contribution in [2.24, 2.45) is 5.92 Å². The SMILES string of the molecule is CCCCCCN(C(=O)C(CC(C)C)NC(=O)OC(C)(C)C)C(C(=O)NCCCC)c1ccc(CC)cc1. The predicted molar refractivity (Wildman–Crippen MR) is 155 cm³/mol. The highest BCUT2D eigenvalue weighted by Crippen LogP contribution is 2.25. The van der Waals surface area contributed by atoms with Gasteiger partial charge in [-0.25, -0.2) is 4.79 Å². The van der Waals surface area contributed by atoms with Crippen LogP contribution in [0.15, 0.2) is 24.3 Å². The number of nitrogens with one attached hydrogen (secondary N) is 2. The van der Waals surface area contributed by atoms with Crippen LogP contribution in [0.1, 0.15) is 118 Å². The minimum absolute atomic E-state index is 0.154. The van der Waals surface area contributed by atoms with Crippen LogP contribution in [0.3, 0.4) is 0 Å². The number of ether oxygens (including phenoxy) is 1. The molecule has 2 unspecified atom stereocenters. The van der Waals surface area contributed by atoms with Gasteiger partial charge in [-0.3, -0.25) is 9.59 Å². The van der Waals surface area contributed by atoms with Gasteiger partial charge in [0, 0.05) is 13.1 Å². The number of hydrogen-bond donors (Lipinski definition) is 2. The Hall–Kier alpha value is -2.57. The van der Waals surface area contributed by atoms with E-state index in [9.17, 15) is 14.4 Å². The quantitative estimate of drug-likeness (QED) is 0.237. The van der Waals surface area contributed by atoms with Gasteiger partial charge < -0.3 is 20.3 Å². The van der Waals surface area contributed by atoms with Crippen molar-refractivity contribution in [1.82, 2.24) is 15.5 Å². The van der Waals surface area contributed by atoms with Crippen molar-refractivity contribution in [2.75, 3.05) is 13.1 Å². The Bertz CT molecular complexity index is 846. The molecule has 1 rings (SSSR count). The zero-order valence-corrected chi connectivity index (χ0v) is 25.2. The molecule has 0 saturated carbocycles. The summed E-state index contributed by atoms with van der Waals surface area (Å²) in [7, 11) is 0. The van der Waals surface area contributed by atoms with Gasteiger partial charge in [-0.1, -0.05) is 84.6 Å². The number of nitrogens with zero attached hydrogens (tertiary/aromatic N) is 1. The summed E-state index contributed by atoms with van der Waals surface area (Å²) in [5, 5.41) is 5.87. The van der Waals surface area contributed by atoms with Crippen LogP contribution in [0.5, 0.6) is 0 Å². The van der Waals surface area contributed by atoms with Gasteiger partial charge in [0.15, 0.2) is 0 Å². The molecule has 38 heavy (non-hydrogen) atoms. The Labute approximate surface area is 231 Å². The second kappa shape index (κ2) is 17.1. The normalized spacial score (nSPS) is 13.1. The Morgan fingerprint density at radius 3 is 2.08 bits per heavy atom. The average molecular weight is 532 g/mol. The first-order chi connectivity index (χ1) is 17.9. The first-order valence-corrected chi connectivity index (χ1v) is 14.6. The molecule has 2 atom stereocenters. The molecule has 1 aromatic carbocycles. The Balaban J connectivity index is 3.45. The summed E-state index contributed by atoms with van der Waals surface area (Å²) >= 11 is 0. The van der Waals surface area contributed by atoms with Crippen LogP contribution in [0.25, 0.3) is 0 Å². The number of carbonyl (C=O) groups is 3. The second-order valence-corrected chi connectivity index (χ2v) is 11.6. The number of benzene rings is 1. The Morgan fingerprint density at radius 2 is 1.55 bits per heavy atom. The lowest BCUT2D eigenvalue weighted by atomic mass is 9.97. The van der Waals surface area contributed by atoms with E-state index in [0.29, 0.717) is 19.5 Å². The highest BCUT2D eigenvalue weighted by atomic mass is 16.6. The number of alkyl carbamates (subject to hydrolysis) is 1. The van der Waals surface area contributed by atoms with Crippen LogP contribution >= 0.6 is 0 Å². The molecule has 0 fully saturated rings. The summed E-state index contributed by atoms with van der Waals surface area (Å²) in [6.07, 6.45) is 6.43. The van der Waals surface area contributed by atoms with Crippen LogP contribution < -0.4 is 10.6 Å². The van der Waals surface area contributed by atoms with Crippen LogP contribution in [0, 0.1) is 5.92 Å². The number of amides is 3. The molecule has 1 aromatic rings. The minimum atomic E-state index is -0.795. The summed E-state index contributed by atoms with van der Waals surface area (Å²) in [5.74, 6) is -0.287. The van der Waals surface area contributed by atoms with E-state index < -0.39 is 23.8 Å². The Kier molecular flexibility index (Phi) is 15.1. The molecule has 0 saturated heterocycles. The molecule has 0 aromatic heterocycles. The molecule has 0 heterocycles. The van der Waals surface area contributed by atoms with Crippen LogP contribution in [0.4, 0.5) is 4.79 Å². The maximum Gasteiger partial charge on any atom is 0.408 e. The van der Waals surface area contributed by atoms with Gasteiger partial charge in [0.1, 0.15) is 17.7 Å². The van der Waals surface area contributed by atoms with Crippen molar-refractivity contribution in [3.05, 3.63) is 35.4 Å². The minimum Gasteiger partial charge on any atom is -0.444 e. The fourth-order valence-corrected chi connectivity index (χ4v) is 4.31. The summed E-state index contributed by atoms with van der Waals surface area (Å²) < 4.78 is 5.48. The topological polar surface area (TPSA) is 87.7 Å². The number of unbranched alkanes of at least 4 members (excludes halogenated alkanes) is 4. The van der Waals surface area contributed by atoms with Crippen molar-refractivity contribution in [1.29, 1.82) is 0 Å². The molecular weight excluding hydrogens is 478 g/mol. The van der Waals surface area contributed by atoms with Gasteiger partial charge >= 0.3 is 6.09 Å². The van der Waals surface area contributed by atoms with Crippen LogP contribution in [-0.4, -0.2) is 47.5 Å². The smallest absolute Gasteiger partial charge is 0.408 e. The third-order valence-electron chi connectivity index (χ3n) is 6.33. The Morgan fingerprint density at radius 1 is 0.921 bits per heavy atom. The van der Waals surface area contributed by atoms with E-state index in [4.69, 9.17) is 4.74 Å².